The lowest BCUT2D eigenvalue weighted by Gasteiger charge is -2.25. The Labute approximate surface area is 182 Å². The number of hydrogen-bond donors (Lipinski definition) is 2. The summed E-state index contributed by atoms with van der Waals surface area (Å²) in [7, 11) is 7.21. The third kappa shape index (κ3) is 4.72. The monoisotopic (exact) mass is 425 g/mol. The summed E-state index contributed by atoms with van der Waals surface area (Å²) in [6, 6.07) is 13.3. The first kappa shape index (κ1) is 22.4. The average molecular weight is 426 g/mol. The predicted molar refractivity (Wildman–Crippen MR) is 117 cm³/mol. The van der Waals surface area contributed by atoms with Crippen molar-refractivity contribution in [2.75, 3.05) is 41.4 Å². The number of carbonyl (C=O) groups excluding carboxylic acids is 2. The Hall–Kier alpha value is -3.32. The average Bonchev–Trinajstić information content (AvgIpc) is 3.03. The number of nitrogens with zero attached hydrogens (tertiary/aromatic N) is 1. The van der Waals surface area contributed by atoms with Gasteiger partial charge in [-0.1, -0.05) is 12.1 Å². The van der Waals surface area contributed by atoms with Crippen molar-refractivity contribution in [1.29, 1.82) is 0 Å². The topological polar surface area (TPSA) is 80.5 Å². The highest BCUT2D eigenvalue weighted by Gasteiger charge is 2.45. The molecule has 0 radical (unpaired) electrons. The minimum atomic E-state index is -0.675. The van der Waals surface area contributed by atoms with Gasteiger partial charge in [0.15, 0.2) is 0 Å². The molecule has 0 unspecified atom stereocenters. The molecule has 1 heterocycles. The van der Waals surface area contributed by atoms with Gasteiger partial charge in [-0.05, 0) is 42.0 Å². The van der Waals surface area contributed by atoms with Crippen LogP contribution in [0.1, 0.15) is 23.6 Å². The van der Waals surface area contributed by atoms with Gasteiger partial charge in [-0.25, -0.2) is 0 Å². The molecule has 0 aromatic heterocycles. The Morgan fingerprint density at radius 2 is 1.52 bits per heavy atom. The van der Waals surface area contributed by atoms with E-state index in [9.17, 15) is 14.7 Å². The molecule has 1 amide bonds. The fourth-order valence-electron chi connectivity index (χ4n) is 3.75. The first-order valence-electron chi connectivity index (χ1n) is 10.2. The predicted octanol–water partition coefficient (Wildman–Crippen LogP) is 1.66. The smallest absolute Gasteiger partial charge is 0.295 e. The summed E-state index contributed by atoms with van der Waals surface area (Å²) >= 11 is 0. The van der Waals surface area contributed by atoms with Crippen LogP contribution in [0.3, 0.4) is 0 Å². The number of methoxy groups -OCH3 is 2. The van der Waals surface area contributed by atoms with Crippen molar-refractivity contribution in [2.24, 2.45) is 0 Å². The number of Topliss-reactive ketones (excluding diaryl/α,β-unsaturated/α-hetero) is 1. The molecular weight excluding hydrogens is 396 g/mol. The number of ketones is 1. The van der Waals surface area contributed by atoms with Crippen LogP contribution >= 0.6 is 0 Å². The second-order valence-electron chi connectivity index (χ2n) is 7.80. The molecule has 1 atom stereocenters. The van der Waals surface area contributed by atoms with Crippen LogP contribution in [-0.2, 0) is 9.59 Å². The van der Waals surface area contributed by atoms with E-state index >= 15 is 0 Å². The summed E-state index contributed by atoms with van der Waals surface area (Å²) in [6.07, 6.45) is 0.741. The molecule has 2 aromatic carbocycles. The minimum Gasteiger partial charge on any atom is -0.507 e. The molecule has 1 fully saturated rings. The van der Waals surface area contributed by atoms with Crippen LogP contribution in [0.15, 0.2) is 54.1 Å². The standard InChI is InChI=1S/C24H28N2O5/c1-25(2)14-5-15-26-21(16-6-10-18(30-3)11-7-16)20(23(28)24(26)29)22(27)17-8-12-19(31-4)13-9-17/h6-13,21,27H,5,14-15H2,1-4H3/p+1/t21-/m1/s1. The van der Waals surface area contributed by atoms with Gasteiger partial charge in [0.25, 0.3) is 11.7 Å². The number of carbonyl (C=O) groups is 2. The zero-order chi connectivity index (χ0) is 22.5. The third-order valence-corrected chi connectivity index (χ3v) is 5.41. The molecule has 1 aliphatic heterocycles. The maximum absolute atomic E-state index is 13.0. The SMILES string of the molecule is COc1ccc(C(O)=C2C(=O)C(=O)N(CCC[NH+](C)C)[C@@H]2c2ccc(OC)cc2)cc1. The Morgan fingerprint density at radius 3 is 2.03 bits per heavy atom. The van der Waals surface area contributed by atoms with Crippen LogP contribution in [0, 0.1) is 0 Å². The van der Waals surface area contributed by atoms with Crippen molar-refractivity contribution in [3.05, 3.63) is 65.2 Å². The van der Waals surface area contributed by atoms with Gasteiger partial charge in [0, 0.05) is 18.5 Å². The van der Waals surface area contributed by atoms with Crippen LogP contribution in [0.2, 0.25) is 0 Å². The van der Waals surface area contributed by atoms with Gasteiger partial charge in [-0.15, -0.1) is 0 Å². The van der Waals surface area contributed by atoms with Gasteiger partial charge in [0.05, 0.1) is 46.5 Å². The Balaban J connectivity index is 2.06. The van der Waals surface area contributed by atoms with E-state index in [0.29, 0.717) is 23.6 Å². The van der Waals surface area contributed by atoms with Crippen LogP contribution in [0.4, 0.5) is 0 Å². The summed E-state index contributed by atoms with van der Waals surface area (Å²) in [4.78, 5) is 28.7. The van der Waals surface area contributed by atoms with Gasteiger partial charge in [0.2, 0.25) is 0 Å². The number of aliphatic hydroxyl groups excluding tert-OH is 1. The molecule has 3 rings (SSSR count). The summed E-state index contributed by atoms with van der Waals surface area (Å²) in [6.45, 7) is 1.28. The summed E-state index contributed by atoms with van der Waals surface area (Å²) in [5.41, 5.74) is 1.29. The van der Waals surface area contributed by atoms with Crippen molar-refractivity contribution in [3.63, 3.8) is 0 Å². The van der Waals surface area contributed by atoms with Gasteiger partial charge in [-0.3, -0.25) is 9.59 Å². The zero-order valence-corrected chi connectivity index (χ0v) is 18.3. The normalized spacial score (nSPS) is 18.0. The first-order chi connectivity index (χ1) is 14.9. The van der Waals surface area contributed by atoms with Gasteiger partial charge in [0.1, 0.15) is 17.3 Å². The van der Waals surface area contributed by atoms with E-state index in [1.807, 2.05) is 26.2 Å². The second kappa shape index (κ2) is 9.66. The molecule has 1 saturated heterocycles. The number of nitrogens with one attached hydrogen (secondary N) is 1. The van der Waals surface area contributed by atoms with Gasteiger partial charge < -0.3 is 24.4 Å². The van der Waals surface area contributed by atoms with Crippen molar-refractivity contribution in [2.45, 2.75) is 12.5 Å². The lowest BCUT2D eigenvalue weighted by atomic mass is 9.95. The number of likely N-dealkylation sites (tertiary alicyclic amines) is 1. The highest BCUT2D eigenvalue weighted by atomic mass is 16.5. The highest BCUT2D eigenvalue weighted by Crippen LogP contribution is 2.40. The zero-order valence-electron chi connectivity index (χ0n) is 18.3. The molecule has 7 nitrogen and oxygen atoms in total. The number of amides is 1. The van der Waals surface area contributed by atoms with Crippen molar-refractivity contribution < 1.29 is 29.1 Å². The Bertz CT molecular complexity index is 964. The number of quaternary nitrogens is 1. The molecule has 2 aromatic rings. The molecule has 2 N–H and O–H groups in total. The highest BCUT2D eigenvalue weighted by molar-refractivity contribution is 6.46. The van der Waals surface area contributed by atoms with E-state index in [1.54, 1.807) is 55.5 Å². The molecule has 31 heavy (non-hydrogen) atoms. The van der Waals surface area contributed by atoms with E-state index in [2.05, 4.69) is 0 Å². The quantitative estimate of drug-likeness (QED) is 0.382. The second-order valence-corrected chi connectivity index (χ2v) is 7.80. The van der Waals surface area contributed by atoms with E-state index in [0.717, 1.165) is 18.5 Å². The van der Waals surface area contributed by atoms with Crippen molar-refractivity contribution in [3.8, 4) is 11.5 Å². The fourth-order valence-corrected chi connectivity index (χ4v) is 3.75. The number of hydrogen-bond acceptors (Lipinski definition) is 5. The molecule has 7 heteroatoms. The number of rotatable bonds is 8. The number of aliphatic hydroxyl groups is 1. The van der Waals surface area contributed by atoms with E-state index in [4.69, 9.17) is 9.47 Å². The van der Waals surface area contributed by atoms with Crippen LogP contribution in [0.5, 0.6) is 11.5 Å². The van der Waals surface area contributed by atoms with Crippen molar-refractivity contribution >= 4 is 17.4 Å². The van der Waals surface area contributed by atoms with Crippen LogP contribution in [0.25, 0.3) is 5.76 Å². The molecule has 1 aliphatic rings. The Morgan fingerprint density at radius 1 is 0.968 bits per heavy atom. The summed E-state index contributed by atoms with van der Waals surface area (Å²) in [5, 5.41) is 11.0. The number of benzene rings is 2. The van der Waals surface area contributed by atoms with Gasteiger partial charge in [-0.2, -0.15) is 0 Å². The molecule has 0 bridgehead atoms. The van der Waals surface area contributed by atoms with Crippen molar-refractivity contribution in [1.82, 2.24) is 4.90 Å². The molecular formula is C24H29N2O5+. The Kier molecular flexibility index (Phi) is 6.97. The van der Waals surface area contributed by atoms with E-state index in [-0.39, 0.29) is 11.3 Å². The third-order valence-electron chi connectivity index (χ3n) is 5.41. The van der Waals surface area contributed by atoms with E-state index < -0.39 is 17.7 Å². The largest absolute Gasteiger partial charge is 0.507 e. The lowest BCUT2D eigenvalue weighted by Crippen LogP contribution is -3.05. The molecule has 164 valence electrons. The van der Waals surface area contributed by atoms with Gasteiger partial charge >= 0.3 is 0 Å². The molecule has 0 spiro atoms. The minimum absolute atomic E-state index is 0.0949. The van der Waals surface area contributed by atoms with Crippen LogP contribution in [-0.4, -0.2) is 63.1 Å². The fraction of sp³-hybridized carbons (Fsp3) is 0.333. The molecule has 0 aliphatic carbocycles. The van der Waals surface area contributed by atoms with Crippen LogP contribution < -0.4 is 14.4 Å². The molecule has 0 saturated carbocycles. The summed E-state index contributed by atoms with van der Waals surface area (Å²) < 4.78 is 10.4. The maximum atomic E-state index is 13.0. The van der Waals surface area contributed by atoms with E-state index in [1.165, 1.54) is 4.90 Å². The summed E-state index contributed by atoms with van der Waals surface area (Å²) in [5.74, 6) is -0.152. The first-order valence-corrected chi connectivity index (χ1v) is 10.2. The maximum Gasteiger partial charge on any atom is 0.295 e. The number of ether oxygens (including phenoxy) is 2. The lowest BCUT2D eigenvalue weighted by molar-refractivity contribution is -0.858.